The molecular formula is C19H26F3NO6S2. The predicted molar refractivity (Wildman–Crippen MR) is 107 cm³/mol. The van der Waals surface area contributed by atoms with E-state index in [2.05, 4.69) is 0 Å². The van der Waals surface area contributed by atoms with Crippen molar-refractivity contribution in [3.8, 4) is 0 Å². The quantitative estimate of drug-likeness (QED) is 0.660. The third-order valence-corrected chi connectivity index (χ3v) is 9.07. The summed E-state index contributed by atoms with van der Waals surface area (Å²) in [5.74, 6) is -2.79. The lowest BCUT2D eigenvalue weighted by molar-refractivity contribution is -0.192. The Morgan fingerprint density at radius 3 is 2.16 bits per heavy atom. The fourth-order valence-corrected chi connectivity index (χ4v) is 7.65. The Hall–Kier alpha value is -1.66. The van der Waals surface area contributed by atoms with Crippen LogP contribution in [0, 0.1) is 5.92 Å². The van der Waals surface area contributed by atoms with Crippen LogP contribution in [0.5, 0.6) is 0 Å². The molecule has 2 N–H and O–H groups in total. The van der Waals surface area contributed by atoms with Gasteiger partial charge in [-0.3, -0.25) is 0 Å². The Balaban J connectivity index is 0.000000423. The van der Waals surface area contributed by atoms with Gasteiger partial charge in [-0.15, -0.1) is 4.13 Å². The second-order valence-electron chi connectivity index (χ2n) is 7.78. The van der Waals surface area contributed by atoms with E-state index in [0.717, 1.165) is 62.5 Å². The highest BCUT2D eigenvalue weighted by molar-refractivity contribution is 8.04. The molecule has 0 atom stereocenters. The van der Waals surface area contributed by atoms with Crippen LogP contribution in [0.25, 0.3) is 0 Å². The summed E-state index contributed by atoms with van der Waals surface area (Å²) in [6.07, 6.45) is 3.36. The minimum Gasteiger partial charge on any atom is -0.475 e. The molecule has 0 saturated heterocycles. The minimum atomic E-state index is -5.08. The van der Waals surface area contributed by atoms with E-state index in [4.69, 9.17) is 9.90 Å². The van der Waals surface area contributed by atoms with Crippen molar-refractivity contribution in [1.82, 2.24) is 4.13 Å². The van der Waals surface area contributed by atoms with E-state index >= 15 is 0 Å². The van der Waals surface area contributed by atoms with Gasteiger partial charge in [-0.25, -0.2) is 21.6 Å². The van der Waals surface area contributed by atoms with Crippen molar-refractivity contribution in [2.45, 2.75) is 68.9 Å². The molecule has 176 valence electrons. The van der Waals surface area contributed by atoms with Crippen molar-refractivity contribution in [2.24, 2.45) is 5.92 Å². The van der Waals surface area contributed by atoms with E-state index in [1.165, 1.54) is 6.07 Å². The highest BCUT2D eigenvalue weighted by Crippen LogP contribution is 2.28. The Kier molecular flexibility index (Phi) is 8.51. The number of sulfonamides is 2. The molecule has 0 heterocycles. The number of aryl methyl sites for hydroxylation is 1. The van der Waals surface area contributed by atoms with Gasteiger partial charge in [0, 0.05) is 0 Å². The van der Waals surface area contributed by atoms with Gasteiger partial charge >= 0.3 is 12.1 Å². The molecule has 0 radical (unpaired) electrons. The standard InChI is InChI=1S/C17H25NO4S2.C2HF3O2/c19-23(20,13-14-7-2-1-3-8-14)18-24(21,22)17-12-6-10-15-9-4-5-11-16(15)17;3-2(4,5)1(6)7/h6,10,12,14,18H,1-5,7-9,11,13H2;(H,6,7). The molecule has 0 aliphatic heterocycles. The number of carboxylic acid groups (broad SMARTS) is 1. The van der Waals surface area contributed by atoms with E-state index in [-0.39, 0.29) is 16.6 Å². The molecule has 12 heteroatoms. The fraction of sp³-hybridized carbons (Fsp3) is 0.632. The van der Waals surface area contributed by atoms with Crippen LogP contribution >= 0.6 is 0 Å². The number of benzene rings is 1. The van der Waals surface area contributed by atoms with Crippen LogP contribution < -0.4 is 4.13 Å². The number of aliphatic carboxylic acids is 1. The molecule has 0 aromatic heterocycles. The Bertz CT molecular complexity index is 984. The molecule has 7 nitrogen and oxygen atoms in total. The van der Waals surface area contributed by atoms with Crippen molar-refractivity contribution in [3.63, 3.8) is 0 Å². The van der Waals surface area contributed by atoms with Crippen molar-refractivity contribution in [1.29, 1.82) is 0 Å². The van der Waals surface area contributed by atoms with Crippen LogP contribution in [0.4, 0.5) is 13.2 Å². The molecule has 31 heavy (non-hydrogen) atoms. The number of hydrogen-bond donors (Lipinski definition) is 2. The normalized spacial score (nSPS) is 17.9. The molecule has 1 aromatic rings. The van der Waals surface area contributed by atoms with Gasteiger partial charge in [0.2, 0.25) is 10.0 Å². The highest BCUT2D eigenvalue weighted by atomic mass is 32.3. The predicted octanol–water partition coefficient (Wildman–Crippen LogP) is 3.39. The summed E-state index contributed by atoms with van der Waals surface area (Å²) in [5, 5.41) is 7.12. The van der Waals surface area contributed by atoms with Crippen LogP contribution in [0.3, 0.4) is 0 Å². The summed E-state index contributed by atoms with van der Waals surface area (Å²) < 4.78 is 83.8. The molecule has 0 spiro atoms. The Labute approximate surface area is 180 Å². The Morgan fingerprint density at radius 1 is 1.00 bits per heavy atom. The average molecular weight is 486 g/mol. The first-order valence-corrected chi connectivity index (χ1v) is 13.1. The van der Waals surface area contributed by atoms with Gasteiger partial charge in [-0.2, -0.15) is 13.2 Å². The molecule has 1 saturated carbocycles. The maximum atomic E-state index is 12.7. The summed E-state index contributed by atoms with van der Waals surface area (Å²) in [7, 11) is -7.90. The lowest BCUT2D eigenvalue weighted by Crippen LogP contribution is -2.36. The number of rotatable bonds is 5. The van der Waals surface area contributed by atoms with Crippen LogP contribution in [-0.2, 0) is 37.7 Å². The first-order valence-electron chi connectivity index (χ1n) is 9.99. The van der Waals surface area contributed by atoms with Crippen molar-refractivity contribution in [2.75, 3.05) is 5.75 Å². The van der Waals surface area contributed by atoms with E-state index in [1.54, 1.807) is 6.07 Å². The van der Waals surface area contributed by atoms with Gasteiger partial charge in [0.25, 0.3) is 10.0 Å². The van der Waals surface area contributed by atoms with Crippen LogP contribution in [0.2, 0.25) is 0 Å². The zero-order valence-corrected chi connectivity index (χ0v) is 18.5. The lowest BCUT2D eigenvalue weighted by atomic mass is 9.91. The van der Waals surface area contributed by atoms with Gasteiger partial charge in [0.15, 0.2) is 0 Å². The minimum absolute atomic E-state index is 0.0659. The van der Waals surface area contributed by atoms with Gasteiger partial charge in [0.05, 0.1) is 10.6 Å². The molecule has 0 amide bonds. The second kappa shape index (κ2) is 10.3. The van der Waals surface area contributed by atoms with E-state index in [0.29, 0.717) is 6.42 Å². The molecule has 2 aliphatic carbocycles. The summed E-state index contributed by atoms with van der Waals surface area (Å²) in [6.45, 7) is 0. The maximum Gasteiger partial charge on any atom is 0.490 e. The number of fused-ring (bicyclic) bond motifs is 1. The van der Waals surface area contributed by atoms with Gasteiger partial charge in [0.1, 0.15) is 0 Å². The molecule has 2 aliphatic rings. The summed E-state index contributed by atoms with van der Waals surface area (Å²) in [6, 6.07) is 5.15. The molecule has 0 bridgehead atoms. The van der Waals surface area contributed by atoms with Gasteiger partial charge < -0.3 is 5.11 Å². The zero-order valence-electron chi connectivity index (χ0n) is 16.8. The fourth-order valence-electron chi connectivity index (χ4n) is 3.91. The van der Waals surface area contributed by atoms with Crippen molar-refractivity contribution in [3.05, 3.63) is 29.3 Å². The number of carboxylic acids is 1. The van der Waals surface area contributed by atoms with Crippen molar-refractivity contribution < 1.29 is 39.9 Å². The smallest absolute Gasteiger partial charge is 0.475 e. The highest BCUT2D eigenvalue weighted by Gasteiger charge is 2.38. The van der Waals surface area contributed by atoms with Crippen LogP contribution in [0.15, 0.2) is 23.1 Å². The first kappa shape index (κ1) is 25.6. The third-order valence-electron chi connectivity index (χ3n) is 5.30. The average Bonchev–Trinajstić information content (AvgIpc) is 2.66. The molecule has 0 unspecified atom stereocenters. The summed E-state index contributed by atoms with van der Waals surface area (Å²) >= 11 is 0. The zero-order chi connectivity index (χ0) is 23.3. The topological polar surface area (TPSA) is 118 Å². The van der Waals surface area contributed by atoms with Crippen molar-refractivity contribution >= 4 is 26.0 Å². The SMILES string of the molecule is O=C(O)C(F)(F)F.O=S(=O)(CC1CCCCC1)NS(=O)(=O)c1cccc2c1CCCC2. The number of carbonyl (C=O) groups is 1. The van der Waals surface area contributed by atoms with Gasteiger partial charge in [-0.1, -0.05) is 31.4 Å². The van der Waals surface area contributed by atoms with E-state index in [1.807, 2.05) is 10.2 Å². The van der Waals surface area contributed by atoms with Crippen LogP contribution in [0.1, 0.15) is 56.1 Å². The Morgan fingerprint density at radius 2 is 1.58 bits per heavy atom. The second-order valence-corrected chi connectivity index (χ2v) is 11.5. The van der Waals surface area contributed by atoms with E-state index in [9.17, 15) is 30.0 Å². The monoisotopic (exact) mass is 485 g/mol. The molecule has 3 rings (SSSR count). The number of alkyl halides is 3. The number of halogens is 3. The summed E-state index contributed by atoms with van der Waals surface area (Å²) in [4.78, 5) is 9.03. The third kappa shape index (κ3) is 7.76. The van der Waals surface area contributed by atoms with Gasteiger partial charge in [-0.05, 0) is 61.6 Å². The number of nitrogens with one attached hydrogen (secondary N) is 1. The number of hydrogen-bond acceptors (Lipinski definition) is 5. The molecular weight excluding hydrogens is 459 g/mol. The first-order chi connectivity index (χ1) is 14.3. The molecule has 1 fully saturated rings. The molecule has 1 aromatic carbocycles. The lowest BCUT2D eigenvalue weighted by Gasteiger charge is -2.22. The summed E-state index contributed by atoms with van der Waals surface area (Å²) in [5.41, 5.74) is 1.80. The van der Waals surface area contributed by atoms with Crippen LogP contribution in [-0.4, -0.2) is 39.8 Å². The van der Waals surface area contributed by atoms with E-state index < -0.39 is 32.2 Å². The maximum absolute atomic E-state index is 12.7. The largest absolute Gasteiger partial charge is 0.490 e.